The van der Waals surface area contributed by atoms with Crippen LogP contribution in [0.15, 0.2) is 35.3 Å². The smallest absolute Gasteiger partial charge is 0.272 e. The highest BCUT2D eigenvalue weighted by Gasteiger charge is 2.11. The maximum atomic E-state index is 13.9. The van der Waals surface area contributed by atoms with Gasteiger partial charge in [0.05, 0.1) is 12.1 Å². The molecular weight excluding hydrogens is 223 g/mol. The van der Waals surface area contributed by atoms with Crippen LogP contribution in [0.5, 0.6) is 0 Å². The Morgan fingerprint density at radius 2 is 2.12 bits per heavy atom. The Morgan fingerprint density at radius 3 is 2.88 bits per heavy atom. The lowest BCUT2D eigenvalue weighted by Crippen LogP contribution is -2.11. The van der Waals surface area contributed by atoms with E-state index in [1.165, 1.54) is 6.07 Å². The van der Waals surface area contributed by atoms with E-state index in [1.807, 2.05) is 0 Å². The molecule has 0 saturated carbocycles. The Balaban J connectivity index is 2.58. The first-order valence-electron chi connectivity index (χ1n) is 5.13. The second kappa shape index (κ2) is 3.43. The van der Waals surface area contributed by atoms with Crippen LogP contribution in [-0.2, 0) is 6.61 Å². The third-order valence-corrected chi connectivity index (χ3v) is 2.85. The average molecular weight is 232 g/mol. The normalized spacial score (nSPS) is 11.4. The van der Waals surface area contributed by atoms with Crippen LogP contribution >= 0.6 is 0 Å². The van der Waals surface area contributed by atoms with E-state index < -0.39 is 12.4 Å². The molecule has 0 aliphatic heterocycles. The van der Waals surface area contributed by atoms with Crippen LogP contribution < -0.4 is 5.56 Å². The van der Waals surface area contributed by atoms with Crippen molar-refractivity contribution in [1.29, 1.82) is 0 Å². The predicted molar refractivity (Wildman–Crippen MR) is 61.4 cm³/mol. The number of hydrogen-bond acceptors (Lipinski definition) is 2. The van der Waals surface area contributed by atoms with Crippen LogP contribution in [-0.4, -0.2) is 14.5 Å². The van der Waals surface area contributed by atoms with Gasteiger partial charge < -0.3 is 14.5 Å². The van der Waals surface area contributed by atoms with Crippen molar-refractivity contribution in [3.8, 4) is 0 Å². The van der Waals surface area contributed by atoms with Gasteiger partial charge in [-0.3, -0.25) is 4.79 Å². The van der Waals surface area contributed by atoms with Crippen molar-refractivity contribution in [2.75, 3.05) is 0 Å². The summed E-state index contributed by atoms with van der Waals surface area (Å²) in [7, 11) is 0. The SMILES string of the molecule is O=c1[nH]c2c(F)c(CO)ccc2n2cccc12. The lowest BCUT2D eigenvalue weighted by Gasteiger charge is -2.06. The van der Waals surface area contributed by atoms with Crippen LogP contribution in [0.2, 0.25) is 0 Å². The van der Waals surface area contributed by atoms with Gasteiger partial charge in [-0.05, 0) is 18.2 Å². The van der Waals surface area contributed by atoms with E-state index >= 15 is 0 Å². The summed E-state index contributed by atoms with van der Waals surface area (Å²) in [6.07, 6.45) is 1.70. The maximum absolute atomic E-state index is 13.9. The molecule has 0 aliphatic carbocycles. The fourth-order valence-corrected chi connectivity index (χ4v) is 2.00. The van der Waals surface area contributed by atoms with Crippen molar-refractivity contribution in [2.45, 2.75) is 6.61 Å². The summed E-state index contributed by atoms with van der Waals surface area (Å²) >= 11 is 0. The minimum absolute atomic E-state index is 0.116. The molecule has 17 heavy (non-hydrogen) atoms. The van der Waals surface area contributed by atoms with Crippen molar-refractivity contribution in [2.24, 2.45) is 0 Å². The van der Waals surface area contributed by atoms with E-state index in [1.54, 1.807) is 28.8 Å². The van der Waals surface area contributed by atoms with Gasteiger partial charge in [0.15, 0.2) is 5.82 Å². The molecule has 0 radical (unpaired) electrons. The Kier molecular flexibility index (Phi) is 2.02. The van der Waals surface area contributed by atoms with E-state index in [0.717, 1.165) is 0 Å². The van der Waals surface area contributed by atoms with Gasteiger partial charge in [0, 0.05) is 11.8 Å². The van der Waals surface area contributed by atoms with E-state index in [0.29, 0.717) is 11.0 Å². The molecule has 0 amide bonds. The first-order valence-corrected chi connectivity index (χ1v) is 5.13. The second-order valence-corrected chi connectivity index (χ2v) is 3.81. The lowest BCUT2D eigenvalue weighted by atomic mass is 10.2. The van der Waals surface area contributed by atoms with E-state index in [2.05, 4.69) is 4.98 Å². The number of H-pyrrole nitrogens is 1. The Hall–Kier alpha value is -2.14. The molecule has 0 aliphatic rings. The predicted octanol–water partition coefficient (Wildman–Crippen LogP) is 1.41. The summed E-state index contributed by atoms with van der Waals surface area (Å²) in [5.74, 6) is -0.585. The van der Waals surface area contributed by atoms with Crippen molar-refractivity contribution < 1.29 is 9.50 Å². The number of aliphatic hydroxyl groups is 1. The van der Waals surface area contributed by atoms with Crippen LogP contribution in [0.1, 0.15) is 5.56 Å². The molecule has 1 aromatic carbocycles. The molecule has 0 atom stereocenters. The van der Waals surface area contributed by atoms with Gasteiger partial charge in [0.2, 0.25) is 0 Å². The van der Waals surface area contributed by atoms with Gasteiger partial charge in [-0.1, -0.05) is 6.07 Å². The molecule has 0 spiro atoms. The Morgan fingerprint density at radius 1 is 1.29 bits per heavy atom. The largest absolute Gasteiger partial charge is 0.392 e. The van der Waals surface area contributed by atoms with Gasteiger partial charge in [-0.25, -0.2) is 4.39 Å². The van der Waals surface area contributed by atoms with Crippen LogP contribution in [0.25, 0.3) is 16.6 Å². The molecule has 2 heterocycles. The fraction of sp³-hybridized carbons (Fsp3) is 0.0833. The topological polar surface area (TPSA) is 57.5 Å². The summed E-state index contributed by atoms with van der Waals surface area (Å²) < 4.78 is 15.6. The Labute approximate surface area is 94.9 Å². The first kappa shape index (κ1) is 10.0. The molecular formula is C12H9FN2O2. The average Bonchev–Trinajstić information content (AvgIpc) is 2.81. The van der Waals surface area contributed by atoms with Crippen molar-refractivity contribution in [3.05, 3.63) is 52.2 Å². The van der Waals surface area contributed by atoms with Crippen molar-refractivity contribution in [3.63, 3.8) is 0 Å². The van der Waals surface area contributed by atoms with Gasteiger partial charge in [-0.15, -0.1) is 0 Å². The Bertz CT molecular complexity index is 773. The summed E-state index contributed by atoms with van der Waals surface area (Å²) in [5, 5.41) is 8.98. The number of fused-ring (bicyclic) bond motifs is 3. The molecule has 3 rings (SSSR count). The third-order valence-electron chi connectivity index (χ3n) is 2.85. The summed E-state index contributed by atoms with van der Waals surface area (Å²) in [6.45, 7) is -0.395. The summed E-state index contributed by atoms with van der Waals surface area (Å²) in [5.41, 5.74) is 0.967. The number of aromatic amines is 1. The molecule has 86 valence electrons. The highest BCUT2D eigenvalue weighted by Crippen LogP contribution is 2.19. The van der Waals surface area contributed by atoms with Gasteiger partial charge in [0.25, 0.3) is 5.56 Å². The number of rotatable bonds is 1. The molecule has 0 bridgehead atoms. The van der Waals surface area contributed by atoms with E-state index in [4.69, 9.17) is 5.11 Å². The molecule has 0 saturated heterocycles. The zero-order valence-electron chi connectivity index (χ0n) is 8.77. The minimum Gasteiger partial charge on any atom is -0.392 e. The maximum Gasteiger partial charge on any atom is 0.272 e. The van der Waals surface area contributed by atoms with Crippen LogP contribution in [0.3, 0.4) is 0 Å². The highest BCUT2D eigenvalue weighted by atomic mass is 19.1. The van der Waals surface area contributed by atoms with Gasteiger partial charge in [0.1, 0.15) is 11.0 Å². The first-order chi connectivity index (χ1) is 8.22. The molecule has 3 aromatic rings. The van der Waals surface area contributed by atoms with Gasteiger partial charge >= 0.3 is 0 Å². The molecule has 2 N–H and O–H groups in total. The molecule has 5 heteroatoms. The standard InChI is InChI=1S/C12H9FN2O2/c13-10-7(6-16)3-4-8-11(10)14-12(17)9-2-1-5-15(8)9/h1-5,16H,6H2,(H,14,17). The zero-order valence-corrected chi connectivity index (χ0v) is 8.77. The van der Waals surface area contributed by atoms with Crippen LogP contribution in [0, 0.1) is 5.82 Å². The van der Waals surface area contributed by atoms with Crippen molar-refractivity contribution in [1.82, 2.24) is 9.38 Å². The van der Waals surface area contributed by atoms with Crippen molar-refractivity contribution >= 4 is 16.6 Å². The zero-order chi connectivity index (χ0) is 12.0. The van der Waals surface area contributed by atoms with E-state index in [9.17, 15) is 9.18 Å². The quantitative estimate of drug-likeness (QED) is 0.666. The number of hydrogen-bond donors (Lipinski definition) is 2. The number of aliphatic hydroxyl groups excluding tert-OH is 1. The van der Waals surface area contributed by atoms with Crippen LogP contribution in [0.4, 0.5) is 4.39 Å². The molecule has 4 nitrogen and oxygen atoms in total. The van der Waals surface area contributed by atoms with E-state index in [-0.39, 0.29) is 16.6 Å². The molecule has 0 unspecified atom stereocenters. The number of halogens is 1. The fourth-order valence-electron chi connectivity index (χ4n) is 2.00. The number of nitrogens with one attached hydrogen (secondary N) is 1. The number of nitrogens with zero attached hydrogens (tertiary/aromatic N) is 1. The summed E-state index contributed by atoms with van der Waals surface area (Å²) in [4.78, 5) is 14.2. The third kappa shape index (κ3) is 1.29. The molecule has 0 fully saturated rings. The number of benzene rings is 1. The second-order valence-electron chi connectivity index (χ2n) is 3.81. The van der Waals surface area contributed by atoms with Gasteiger partial charge in [-0.2, -0.15) is 0 Å². The molecule has 2 aromatic heterocycles. The lowest BCUT2D eigenvalue weighted by molar-refractivity contribution is 0.276. The minimum atomic E-state index is -0.585. The highest BCUT2D eigenvalue weighted by molar-refractivity contribution is 5.79. The monoisotopic (exact) mass is 232 g/mol. The summed E-state index contributed by atoms with van der Waals surface area (Å²) in [6, 6.07) is 6.57. The number of aromatic nitrogens is 2.